The number of amides is 3. The van der Waals surface area contributed by atoms with Crippen molar-refractivity contribution < 1.29 is 19.1 Å². The molecule has 0 aliphatic carbocycles. The fourth-order valence-electron chi connectivity index (χ4n) is 3.61. The van der Waals surface area contributed by atoms with Crippen LogP contribution in [0.1, 0.15) is 28.8 Å². The first kappa shape index (κ1) is 16.3. The number of nitrogens with one attached hydrogen (secondary N) is 1. The van der Waals surface area contributed by atoms with Crippen LogP contribution in [0.4, 0.5) is 0 Å². The van der Waals surface area contributed by atoms with E-state index < -0.39 is 11.9 Å². The predicted molar refractivity (Wildman–Crippen MR) is 94.5 cm³/mol. The number of hydrogen-bond donors (Lipinski definition) is 1. The molecule has 0 spiro atoms. The second-order valence-electron chi connectivity index (χ2n) is 6.48. The van der Waals surface area contributed by atoms with Gasteiger partial charge < -0.3 is 9.64 Å². The van der Waals surface area contributed by atoms with E-state index in [4.69, 9.17) is 4.74 Å². The van der Waals surface area contributed by atoms with Crippen LogP contribution < -0.4 is 10.1 Å². The van der Waals surface area contributed by atoms with E-state index >= 15 is 0 Å². The number of ether oxygens (including phenoxy) is 1. The molecule has 0 bridgehead atoms. The van der Waals surface area contributed by atoms with Crippen LogP contribution in [0.15, 0.2) is 42.5 Å². The van der Waals surface area contributed by atoms with Gasteiger partial charge in [0.15, 0.2) is 0 Å². The number of hydrogen-bond acceptors (Lipinski definition) is 4. The lowest BCUT2D eigenvalue weighted by atomic mass is 9.99. The van der Waals surface area contributed by atoms with Crippen molar-refractivity contribution in [2.75, 3.05) is 7.11 Å². The minimum Gasteiger partial charge on any atom is -0.496 e. The summed E-state index contributed by atoms with van der Waals surface area (Å²) in [6, 6.07) is 12.9. The summed E-state index contributed by atoms with van der Waals surface area (Å²) in [7, 11) is 1.57. The minimum atomic E-state index is -0.612. The standard InChI is InChI=1S/C20H18N2O4/c1-26-17-10-15-13(9-14(17)12-5-3-2-4-6-12)11-22(20(15)25)16-7-8-18(23)21-19(16)24/h2-6,9-10,16H,7-8,11H2,1H3,(H,21,23,24). The number of carbonyl (C=O) groups excluding carboxylic acids is 3. The number of methoxy groups -OCH3 is 1. The van der Waals surface area contributed by atoms with Gasteiger partial charge in [-0.1, -0.05) is 30.3 Å². The summed E-state index contributed by atoms with van der Waals surface area (Å²) in [6.07, 6.45) is 0.599. The molecule has 3 amide bonds. The van der Waals surface area contributed by atoms with E-state index in [0.29, 0.717) is 24.3 Å². The van der Waals surface area contributed by atoms with Crippen LogP contribution in [0, 0.1) is 0 Å². The second kappa shape index (κ2) is 6.29. The first-order valence-electron chi connectivity index (χ1n) is 8.49. The summed E-state index contributed by atoms with van der Waals surface area (Å²) in [6.45, 7) is 0.351. The summed E-state index contributed by atoms with van der Waals surface area (Å²) in [5, 5.41) is 2.32. The summed E-state index contributed by atoms with van der Waals surface area (Å²) in [5.74, 6) is -0.276. The lowest BCUT2D eigenvalue weighted by Gasteiger charge is -2.29. The van der Waals surface area contributed by atoms with Gasteiger partial charge in [0.1, 0.15) is 11.8 Å². The number of carbonyl (C=O) groups is 3. The number of benzene rings is 2. The van der Waals surface area contributed by atoms with Gasteiger partial charge in [-0.05, 0) is 29.7 Å². The Morgan fingerprint density at radius 1 is 1.08 bits per heavy atom. The lowest BCUT2D eigenvalue weighted by Crippen LogP contribution is -2.52. The Morgan fingerprint density at radius 2 is 1.85 bits per heavy atom. The molecule has 2 aliphatic rings. The van der Waals surface area contributed by atoms with Crippen molar-refractivity contribution in [1.82, 2.24) is 10.2 Å². The highest BCUT2D eigenvalue weighted by Crippen LogP contribution is 2.37. The summed E-state index contributed by atoms with van der Waals surface area (Å²) in [5.41, 5.74) is 3.31. The largest absolute Gasteiger partial charge is 0.496 e. The number of nitrogens with zero attached hydrogens (tertiary/aromatic N) is 1. The fourth-order valence-corrected chi connectivity index (χ4v) is 3.61. The van der Waals surface area contributed by atoms with Crippen molar-refractivity contribution in [3.8, 4) is 16.9 Å². The molecule has 1 saturated heterocycles. The molecule has 6 heteroatoms. The monoisotopic (exact) mass is 350 g/mol. The van der Waals surface area contributed by atoms with Gasteiger partial charge in [-0.3, -0.25) is 19.7 Å². The maximum atomic E-state index is 12.8. The highest BCUT2D eigenvalue weighted by molar-refractivity contribution is 6.06. The molecule has 1 N–H and O–H groups in total. The van der Waals surface area contributed by atoms with E-state index in [1.165, 1.54) is 0 Å². The fraction of sp³-hybridized carbons (Fsp3) is 0.250. The van der Waals surface area contributed by atoms with Gasteiger partial charge in [0, 0.05) is 24.1 Å². The number of fused-ring (bicyclic) bond motifs is 1. The molecule has 26 heavy (non-hydrogen) atoms. The van der Waals surface area contributed by atoms with E-state index in [9.17, 15) is 14.4 Å². The average Bonchev–Trinajstić information content (AvgIpc) is 2.97. The topological polar surface area (TPSA) is 75.7 Å². The second-order valence-corrected chi connectivity index (χ2v) is 6.48. The molecule has 2 aromatic carbocycles. The summed E-state index contributed by atoms with van der Waals surface area (Å²) < 4.78 is 5.49. The van der Waals surface area contributed by atoms with Crippen molar-refractivity contribution in [3.05, 3.63) is 53.6 Å². The minimum absolute atomic E-state index is 0.201. The quantitative estimate of drug-likeness (QED) is 0.861. The molecule has 2 heterocycles. The zero-order valence-electron chi connectivity index (χ0n) is 14.3. The van der Waals surface area contributed by atoms with Crippen molar-refractivity contribution >= 4 is 17.7 Å². The van der Waals surface area contributed by atoms with Crippen molar-refractivity contribution in [1.29, 1.82) is 0 Å². The Kier molecular flexibility index (Phi) is 3.95. The van der Waals surface area contributed by atoms with E-state index in [0.717, 1.165) is 16.7 Å². The molecule has 2 aliphatic heterocycles. The van der Waals surface area contributed by atoms with Crippen molar-refractivity contribution in [3.63, 3.8) is 0 Å². The maximum absolute atomic E-state index is 12.8. The van der Waals surface area contributed by atoms with Crippen LogP contribution in [0.2, 0.25) is 0 Å². The van der Waals surface area contributed by atoms with Gasteiger partial charge in [0.2, 0.25) is 11.8 Å². The van der Waals surface area contributed by atoms with E-state index in [-0.39, 0.29) is 18.2 Å². The summed E-state index contributed by atoms with van der Waals surface area (Å²) >= 11 is 0. The molecular weight excluding hydrogens is 332 g/mol. The predicted octanol–water partition coefficient (Wildman–Crippen LogP) is 2.12. The molecule has 1 atom stereocenters. The third kappa shape index (κ3) is 2.63. The van der Waals surface area contributed by atoms with Gasteiger partial charge in [0.25, 0.3) is 5.91 Å². The first-order valence-corrected chi connectivity index (χ1v) is 8.49. The molecular formula is C20H18N2O4. The molecule has 0 aromatic heterocycles. The van der Waals surface area contributed by atoms with E-state index in [1.54, 1.807) is 18.1 Å². The van der Waals surface area contributed by atoms with Crippen LogP contribution in [0.25, 0.3) is 11.1 Å². The zero-order chi connectivity index (χ0) is 18.3. The molecule has 0 saturated carbocycles. The number of piperidine rings is 1. The molecule has 1 unspecified atom stereocenters. The van der Waals surface area contributed by atoms with Crippen molar-refractivity contribution in [2.45, 2.75) is 25.4 Å². The number of imide groups is 1. The van der Waals surface area contributed by atoms with Crippen LogP contribution in [-0.2, 0) is 16.1 Å². The third-order valence-electron chi connectivity index (χ3n) is 4.93. The first-order chi connectivity index (χ1) is 12.6. The molecule has 6 nitrogen and oxygen atoms in total. The van der Waals surface area contributed by atoms with Crippen molar-refractivity contribution in [2.24, 2.45) is 0 Å². The maximum Gasteiger partial charge on any atom is 0.255 e. The Balaban J connectivity index is 1.70. The molecule has 1 fully saturated rings. The summed E-state index contributed by atoms with van der Waals surface area (Å²) in [4.78, 5) is 37.9. The lowest BCUT2D eigenvalue weighted by molar-refractivity contribution is -0.136. The van der Waals surface area contributed by atoms with Gasteiger partial charge in [-0.15, -0.1) is 0 Å². The highest BCUT2D eigenvalue weighted by Gasteiger charge is 2.39. The van der Waals surface area contributed by atoms with Crippen LogP contribution in [0.3, 0.4) is 0 Å². The van der Waals surface area contributed by atoms with Gasteiger partial charge in [-0.25, -0.2) is 0 Å². The van der Waals surface area contributed by atoms with E-state index in [1.807, 2.05) is 36.4 Å². The normalized spacial score (nSPS) is 19.3. The molecule has 132 valence electrons. The van der Waals surface area contributed by atoms with Crippen LogP contribution in [0.5, 0.6) is 5.75 Å². The van der Waals surface area contributed by atoms with Gasteiger partial charge in [0.05, 0.1) is 7.11 Å². The Morgan fingerprint density at radius 3 is 2.54 bits per heavy atom. The third-order valence-corrected chi connectivity index (χ3v) is 4.93. The Bertz CT molecular complexity index is 908. The van der Waals surface area contributed by atoms with Crippen LogP contribution >= 0.6 is 0 Å². The molecule has 2 aromatic rings. The number of rotatable bonds is 3. The molecule has 4 rings (SSSR count). The highest BCUT2D eigenvalue weighted by atomic mass is 16.5. The van der Waals surface area contributed by atoms with Gasteiger partial charge in [-0.2, -0.15) is 0 Å². The van der Waals surface area contributed by atoms with Gasteiger partial charge >= 0.3 is 0 Å². The average molecular weight is 350 g/mol. The molecule has 0 radical (unpaired) electrons. The SMILES string of the molecule is COc1cc2c(cc1-c1ccccc1)CN(C1CCC(=O)NC1=O)C2=O. The zero-order valence-corrected chi connectivity index (χ0v) is 14.3. The van der Waals surface area contributed by atoms with E-state index in [2.05, 4.69) is 5.32 Å². The Hall–Kier alpha value is -3.15. The Labute approximate surface area is 150 Å². The smallest absolute Gasteiger partial charge is 0.255 e. The van der Waals surface area contributed by atoms with Crippen LogP contribution in [-0.4, -0.2) is 35.8 Å².